The normalized spacial score (nSPS) is 11.7. The van der Waals surface area contributed by atoms with Gasteiger partial charge in [-0.15, -0.1) is 0 Å². The third-order valence-corrected chi connectivity index (χ3v) is 15.6. The van der Waals surface area contributed by atoms with Crippen molar-refractivity contribution in [3.8, 4) is 0 Å². The van der Waals surface area contributed by atoms with Gasteiger partial charge in [-0.2, -0.15) is 0 Å². The van der Waals surface area contributed by atoms with Gasteiger partial charge in [0.1, 0.15) is 0 Å². The molecule has 0 saturated heterocycles. The minimum absolute atomic E-state index is 1.27. The Morgan fingerprint density at radius 1 is 0.800 bits per heavy atom. The molecule has 0 spiro atoms. The van der Waals surface area contributed by atoms with Crippen molar-refractivity contribution in [2.75, 3.05) is 0 Å². The molecular formula is C12H28N2Sn. The Kier molecular flexibility index (Phi) is 9.87. The molecule has 2 nitrogen and oxygen atoms in total. The van der Waals surface area contributed by atoms with Crippen LogP contribution in [0.25, 0.3) is 0 Å². The van der Waals surface area contributed by atoms with E-state index in [1.165, 1.54) is 51.8 Å². The fourth-order valence-corrected chi connectivity index (χ4v) is 13.8. The second-order valence-corrected chi connectivity index (χ2v) is 16.6. The van der Waals surface area contributed by atoms with Crippen molar-refractivity contribution in [1.29, 1.82) is 5.53 Å². The molecule has 1 N–H and O–H groups in total. The molecule has 0 atom stereocenters. The summed E-state index contributed by atoms with van der Waals surface area (Å²) in [6, 6.07) is 0. The number of unbranched alkanes of at least 4 members (excludes halogenated alkanes) is 3. The summed E-state index contributed by atoms with van der Waals surface area (Å²) in [6.45, 7) is 6.75. The van der Waals surface area contributed by atoms with E-state index in [2.05, 4.69) is 24.1 Å². The zero-order valence-electron chi connectivity index (χ0n) is 10.8. The second-order valence-electron chi connectivity index (χ2n) is 4.65. The van der Waals surface area contributed by atoms with Gasteiger partial charge in [0.25, 0.3) is 0 Å². The maximum atomic E-state index is 7.56. The van der Waals surface area contributed by atoms with Crippen LogP contribution in [0, 0.1) is 5.53 Å². The van der Waals surface area contributed by atoms with Crippen molar-refractivity contribution >= 4 is 18.7 Å². The second kappa shape index (κ2) is 9.61. The average Bonchev–Trinajstić information content (AvgIpc) is 2.29. The summed E-state index contributed by atoms with van der Waals surface area (Å²) in [5.74, 6) is 0. The molecular weight excluding hydrogens is 291 g/mol. The summed E-state index contributed by atoms with van der Waals surface area (Å²) < 4.78 is 8.18. The van der Waals surface area contributed by atoms with Gasteiger partial charge in [0, 0.05) is 0 Å². The van der Waals surface area contributed by atoms with Crippen LogP contribution < -0.4 is 0 Å². The Morgan fingerprint density at radius 3 is 1.33 bits per heavy atom. The number of nitrogens with one attached hydrogen (secondary N) is 1. The van der Waals surface area contributed by atoms with Gasteiger partial charge in [0.15, 0.2) is 0 Å². The number of rotatable bonds is 10. The van der Waals surface area contributed by atoms with Crippen molar-refractivity contribution < 1.29 is 0 Å². The van der Waals surface area contributed by atoms with Gasteiger partial charge in [0.05, 0.1) is 0 Å². The van der Waals surface area contributed by atoms with E-state index in [0.29, 0.717) is 0 Å². The summed E-state index contributed by atoms with van der Waals surface area (Å²) >= 11 is -2.32. The molecule has 0 radical (unpaired) electrons. The van der Waals surface area contributed by atoms with E-state index in [0.717, 1.165) is 0 Å². The third kappa shape index (κ3) is 6.54. The van der Waals surface area contributed by atoms with Gasteiger partial charge in [0.2, 0.25) is 0 Å². The molecule has 0 unspecified atom stereocenters. The number of hydrogen-bond acceptors (Lipinski definition) is 2. The molecule has 0 fully saturated rings. The summed E-state index contributed by atoms with van der Waals surface area (Å²) in [6.07, 6.45) is 7.75. The summed E-state index contributed by atoms with van der Waals surface area (Å²) in [5.41, 5.74) is 7.56. The minimum atomic E-state index is -2.32. The van der Waals surface area contributed by atoms with Crippen LogP contribution in [0.3, 0.4) is 0 Å². The van der Waals surface area contributed by atoms with E-state index in [1.54, 1.807) is 0 Å². The van der Waals surface area contributed by atoms with E-state index in [9.17, 15) is 0 Å². The fourth-order valence-electron chi connectivity index (χ4n) is 2.06. The summed E-state index contributed by atoms with van der Waals surface area (Å²) in [7, 11) is 0. The predicted octanol–water partition coefficient (Wildman–Crippen LogP) is 5.36. The van der Waals surface area contributed by atoms with E-state index < -0.39 is 18.7 Å². The van der Waals surface area contributed by atoms with Crippen molar-refractivity contribution in [2.45, 2.75) is 72.6 Å². The van der Waals surface area contributed by atoms with Crippen molar-refractivity contribution in [1.82, 2.24) is 0 Å². The Balaban J connectivity index is 4.23. The topological polar surface area (TPSA) is 36.2 Å². The van der Waals surface area contributed by atoms with Crippen LogP contribution in [0.4, 0.5) is 0 Å². The van der Waals surface area contributed by atoms with E-state index >= 15 is 0 Å². The molecule has 0 aliphatic rings. The van der Waals surface area contributed by atoms with Gasteiger partial charge >= 0.3 is 100 Å². The van der Waals surface area contributed by atoms with E-state index in [4.69, 9.17) is 5.53 Å². The zero-order valence-corrected chi connectivity index (χ0v) is 13.7. The molecule has 3 heteroatoms. The van der Waals surface area contributed by atoms with Crippen LogP contribution in [0.5, 0.6) is 0 Å². The average molecular weight is 319 g/mol. The quantitative estimate of drug-likeness (QED) is 0.415. The molecule has 0 aromatic carbocycles. The first-order valence-electron chi connectivity index (χ1n) is 6.63. The molecule has 0 aliphatic carbocycles. The molecule has 0 heterocycles. The van der Waals surface area contributed by atoms with Gasteiger partial charge in [-0.3, -0.25) is 0 Å². The van der Waals surface area contributed by atoms with Crippen LogP contribution in [0.1, 0.15) is 59.3 Å². The van der Waals surface area contributed by atoms with Gasteiger partial charge < -0.3 is 0 Å². The summed E-state index contributed by atoms with van der Waals surface area (Å²) in [5, 5.41) is 0. The first kappa shape index (κ1) is 15.4. The Hall–Kier alpha value is 0.399. The number of nitrogens with zero attached hydrogens (tertiary/aromatic N) is 1. The molecule has 0 aromatic rings. The van der Waals surface area contributed by atoms with Crippen molar-refractivity contribution in [3.63, 3.8) is 0 Å². The molecule has 0 rings (SSSR count). The Labute approximate surface area is 100.0 Å². The predicted molar refractivity (Wildman–Crippen MR) is 70.0 cm³/mol. The van der Waals surface area contributed by atoms with Crippen molar-refractivity contribution in [2.24, 2.45) is 3.34 Å². The monoisotopic (exact) mass is 320 g/mol. The van der Waals surface area contributed by atoms with Crippen molar-refractivity contribution in [3.05, 3.63) is 0 Å². The van der Waals surface area contributed by atoms with Gasteiger partial charge in [-0.1, -0.05) is 0 Å². The van der Waals surface area contributed by atoms with Gasteiger partial charge in [-0.25, -0.2) is 0 Å². The zero-order chi connectivity index (χ0) is 11.6. The van der Waals surface area contributed by atoms with Crippen LogP contribution in [0.15, 0.2) is 3.34 Å². The summed E-state index contributed by atoms with van der Waals surface area (Å²) in [4.78, 5) is 0. The van der Waals surface area contributed by atoms with Crippen LogP contribution in [-0.4, -0.2) is 18.7 Å². The molecule has 90 valence electrons. The molecule has 0 bridgehead atoms. The fraction of sp³-hybridized carbons (Fsp3) is 1.00. The molecule has 0 aromatic heterocycles. The SMILES string of the molecule is CCC[CH2][Sn]([CH2]CCC)([CH2]CCC)[N]=N. The Bertz CT molecular complexity index is 138. The van der Waals surface area contributed by atoms with E-state index in [-0.39, 0.29) is 0 Å². The van der Waals surface area contributed by atoms with Gasteiger partial charge in [-0.05, 0) is 0 Å². The van der Waals surface area contributed by atoms with Crippen LogP contribution in [0.2, 0.25) is 13.3 Å². The standard InChI is InChI=1S/3C4H9.HN2.Sn/c3*1-3-4-2;1-2;/h3*1,3-4H2,2H3;1H;/q;;;-1;+1. The number of hydrogen-bond donors (Lipinski definition) is 1. The Morgan fingerprint density at radius 2 is 1.13 bits per heavy atom. The molecule has 0 aliphatic heterocycles. The van der Waals surface area contributed by atoms with E-state index in [1.807, 2.05) is 0 Å². The first-order chi connectivity index (χ1) is 7.24. The third-order valence-electron chi connectivity index (χ3n) is 3.22. The molecule has 0 amide bonds. The first-order valence-corrected chi connectivity index (χ1v) is 14.0. The van der Waals surface area contributed by atoms with Crippen LogP contribution in [-0.2, 0) is 0 Å². The molecule has 15 heavy (non-hydrogen) atoms. The molecule has 0 saturated carbocycles. The van der Waals surface area contributed by atoms with Crippen LogP contribution >= 0.6 is 0 Å². The maximum absolute atomic E-state index is 7.56.